The van der Waals surface area contributed by atoms with Gasteiger partial charge >= 0.3 is 5.97 Å². The summed E-state index contributed by atoms with van der Waals surface area (Å²) in [6.07, 6.45) is 3.47. The number of likely N-dealkylation sites (N-methyl/N-ethyl adjacent to an activating group) is 1. The van der Waals surface area contributed by atoms with E-state index in [-0.39, 0.29) is 5.97 Å². The lowest BCUT2D eigenvalue weighted by Crippen LogP contribution is -2.59. The largest absolute Gasteiger partial charge is 0.468 e. The van der Waals surface area contributed by atoms with Gasteiger partial charge in [-0.25, -0.2) is 4.79 Å². The van der Waals surface area contributed by atoms with Crippen LogP contribution in [0.25, 0.3) is 0 Å². The minimum atomic E-state index is -0.491. The first-order valence-electron chi connectivity index (χ1n) is 6.93. The monoisotopic (exact) mass is 254 g/mol. The summed E-state index contributed by atoms with van der Waals surface area (Å²) in [6, 6.07) is 0. The Labute approximate surface area is 110 Å². The third kappa shape index (κ3) is 2.54. The zero-order valence-corrected chi connectivity index (χ0v) is 12.1. The lowest BCUT2D eigenvalue weighted by Gasteiger charge is -2.35. The van der Waals surface area contributed by atoms with Crippen molar-refractivity contribution < 1.29 is 9.53 Å². The Morgan fingerprint density at radius 3 is 2.56 bits per heavy atom. The van der Waals surface area contributed by atoms with E-state index in [1.807, 2.05) is 7.05 Å². The Morgan fingerprint density at radius 1 is 1.50 bits per heavy atom. The van der Waals surface area contributed by atoms with Crippen molar-refractivity contribution in [1.29, 1.82) is 0 Å². The van der Waals surface area contributed by atoms with Crippen LogP contribution < -0.4 is 5.32 Å². The molecule has 18 heavy (non-hydrogen) atoms. The molecule has 2 rings (SSSR count). The molecule has 0 spiro atoms. The van der Waals surface area contributed by atoms with Gasteiger partial charge in [0.15, 0.2) is 0 Å². The van der Waals surface area contributed by atoms with Crippen LogP contribution in [0.2, 0.25) is 0 Å². The number of ether oxygens (including phenoxy) is 1. The maximum atomic E-state index is 12.2. The third-order valence-electron chi connectivity index (χ3n) is 4.50. The van der Waals surface area contributed by atoms with Crippen LogP contribution in [0.3, 0.4) is 0 Å². The maximum absolute atomic E-state index is 12.2. The molecule has 0 radical (unpaired) electrons. The normalized spacial score (nSPS) is 26.9. The van der Waals surface area contributed by atoms with Crippen molar-refractivity contribution in [2.24, 2.45) is 11.3 Å². The molecule has 0 aromatic carbocycles. The van der Waals surface area contributed by atoms with E-state index in [1.165, 1.54) is 13.5 Å². The fourth-order valence-corrected chi connectivity index (χ4v) is 3.22. The van der Waals surface area contributed by atoms with Gasteiger partial charge in [-0.1, -0.05) is 13.8 Å². The lowest BCUT2D eigenvalue weighted by molar-refractivity contribution is -0.150. The lowest BCUT2D eigenvalue weighted by atomic mass is 9.91. The second-order valence-electron chi connectivity index (χ2n) is 6.61. The van der Waals surface area contributed by atoms with Crippen molar-refractivity contribution in [2.75, 3.05) is 33.8 Å². The average molecular weight is 254 g/mol. The van der Waals surface area contributed by atoms with Gasteiger partial charge in [0, 0.05) is 13.1 Å². The van der Waals surface area contributed by atoms with Gasteiger partial charge in [0.2, 0.25) is 0 Å². The number of nitrogens with one attached hydrogen (secondary N) is 1. The number of nitrogens with zero attached hydrogens (tertiary/aromatic N) is 1. The maximum Gasteiger partial charge on any atom is 0.327 e. The summed E-state index contributed by atoms with van der Waals surface area (Å²) in [7, 11) is 3.38. The summed E-state index contributed by atoms with van der Waals surface area (Å²) >= 11 is 0. The van der Waals surface area contributed by atoms with Crippen molar-refractivity contribution in [3.8, 4) is 0 Å². The number of rotatable bonds is 5. The Morgan fingerprint density at radius 2 is 2.17 bits per heavy atom. The number of carbonyl (C=O) groups is 1. The molecule has 4 nitrogen and oxygen atoms in total. The topological polar surface area (TPSA) is 41.6 Å². The van der Waals surface area contributed by atoms with Gasteiger partial charge < -0.3 is 15.0 Å². The van der Waals surface area contributed by atoms with E-state index < -0.39 is 5.54 Å². The van der Waals surface area contributed by atoms with Crippen LogP contribution in [0.4, 0.5) is 0 Å². The summed E-state index contributed by atoms with van der Waals surface area (Å²) in [5.74, 6) is 0.343. The van der Waals surface area contributed by atoms with Crippen molar-refractivity contribution in [2.45, 2.75) is 38.6 Å². The molecule has 1 atom stereocenters. The molecule has 1 saturated carbocycles. The molecule has 1 unspecified atom stereocenters. The predicted octanol–water partition coefficient (Wildman–Crippen LogP) is 1.26. The molecule has 0 aromatic heterocycles. The fraction of sp³-hybridized carbons (Fsp3) is 0.929. The molecule has 0 aromatic rings. The highest BCUT2D eigenvalue weighted by atomic mass is 16.5. The summed E-state index contributed by atoms with van der Waals surface area (Å²) < 4.78 is 5.04. The van der Waals surface area contributed by atoms with Crippen molar-refractivity contribution in [3.05, 3.63) is 0 Å². The van der Waals surface area contributed by atoms with E-state index in [4.69, 9.17) is 4.74 Å². The molecule has 0 amide bonds. The van der Waals surface area contributed by atoms with Crippen LogP contribution in [-0.4, -0.2) is 50.2 Å². The molecule has 1 heterocycles. The minimum absolute atomic E-state index is 0.0998. The minimum Gasteiger partial charge on any atom is -0.468 e. The summed E-state index contributed by atoms with van der Waals surface area (Å²) in [5.41, 5.74) is -0.117. The summed E-state index contributed by atoms with van der Waals surface area (Å²) in [5, 5.41) is 3.27. The average Bonchev–Trinajstić information content (AvgIpc) is 3.11. The van der Waals surface area contributed by atoms with Crippen LogP contribution in [-0.2, 0) is 9.53 Å². The second-order valence-corrected chi connectivity index (χ2v) is 6.61. The molecule has 104 valence electrons. The first-order valence-corrected chi connectivity index (χ1v) is 6.93. The first-order chi connectivity index (χ1) is 8.43. The van der Waals surface area contributed by atoms with E-state index >= 15 is 0 Å². The third-order valence-corrected chi connectivity index (χ3v) is 4.50. The van der Waals surface area contributed by atoms with Crippen molar-refractivity contribution in [1.82, 2.24) is 10.2 Å². The number of hydrogen-bond acceptors (Lipinski definition) is 4. The highest BCUT2D eigenvalue weighted by molar-refractivity contribution is 5.82. The van der Waals surface area contributed by atoms with Crippen LogP contribution >= 0.6 is 0 Å². The van der Waals surface area contributed by atoms with E-state index in [1.54, 1.807) is 0 Å². The Hall–Kier alpha value is -0.610. The first kappa shape index (κ1) is 13.8. The van der Waals surface area contributed by atoms with Gasteiger partial charge in [-0.3, -0.25) is 0 Å². The van der Waals surface area contributed by atoms with Gasteiger partial charge in [0.25, 0.3) is 0 Å². The Bertz CT molecular complexity index is 326. The molecule has 2 fully saturated rings. The number of likely N-dealkylation sites (tertiary alicyclic amines) is 1. The van der Waals surface area contributed by atoms with E-state index in [0.717, 1.165) is 32.5 Å². The standard InChI is InChI=1S/C14H26N2O2/c1-13(2)7-8-16(9-13)10-14(15-3,11-5-6-11)12(17)18-4/h11,15H,5-10H2,1-4H3. The number of methoxy groups -OCH3 is 1. The zero-order valence-electron chi connectivity index (χ0n) is 12.1. The summed E-state index contributed by atoms with van der Waals surface area (Å²) in [4.78, 5) is 14.6. The number of hydrogen-bond donors (Lipinski definition) is 1. The number of esters is 1. The summed E-state index contributed by atoms with van der Waals surface area (Å²) in [6.45, 7) is 7.52. The molecule has 1 saturated heterocycles. The zero-order chi connectivity index (χ0) is 13.4. The van der Waals surface area contributed by atoms with Crippen LogP contribution in [0.15, 0.2) is 0 Å². The smallest absolute Gasteiger partial charge is 0.327 e. The quantitative estimate of drug-likeness (QED) is 0.750. The van der Waals surface area contributed by atoms with Crippen molar-refractivity contribution in [3.63, 3.8) is 0 Å². The van der Waals surface area contributed by atoms with Crippen LogP contribution in [0.1, 0.15) is 33.1 Å². The molecule has 1 N–H and O–H groups in total. The fourth-order valence-electron chi connectivity index (χ4n) is 3.22. The van der Waals surface area contributed by atoms with Crippen LogP contribution in [0, 0.1) is 11.3 Å². The van der Waals surface area contributed by atoms with Gasteiger partial charge in [0.1, 0.15) is 5.54 Å². The second kappa shape index (κ2) is 4.82. The Kier molecular flexibility index (Phi) is 3.70. The van der Waals surface area contributed by atoms with E-state index in [9.17, 15) is 4.79 Å². The van der Waals surface area contributed by atoms with E-state index in [2.05, 4.69) is 24.1 Å². The predicted molar refractivity (Wildman–Crippen MR) is 71.4 cm³/mol. The molecular formula is C14H26N2O2. The molecule has 2 aliphatic rings. The van der Waals surface area contributed by atoms with Gasteiger partial charge in [-0.05, 0) is 44.2 Å². The molecule has 1 aliphatic carbocycles. The molecule has 4 heteroatoms. The molecular weight excluding hydrogens is 228 g/mol. The SMILES string of the molecule is CNC(CN1CCC(C)(C)C1)(C(=O)OC)C1CC1. The van der Waals surface area contributed by atoms with Gasteiger partial charge in [-0.15, -0.1) is 0 Å². The van der Waals surface area contributed by atoms with E-state index in [0.29, 0.717) is 11.3 Å². The van der Waals surface area contributed by atoms with Crippen LogP contribution in [0.5, 0.6) is 0 Å². The van der Waals surface area contributed by atoms with Gasteiger partial charge in [-0.2, -0.15) is 0 Å². The molecule has 1 aliphatic heterocycles. The van der Waals surface area contributed by atoms with Gasteiger partial charge in [0.05, 0.1) is 7.11 Å². The Balaban J connectivity index is 2.08. The highest BCUT2D eigenvalue weighted by Gasteiger charge is 2.52. The van der Waals surface area contributed by atoms with Crippen molar-refractivity contribution >= 4 is 5.97 Å². The molecule has 0 bridgehead atoms. The highest BCUT2D eigenvalue weighted by Crippen LogP contribution is 2.42. The number of carbonyl (C=O) groups excluding carboxylic acids is 1.